The Balaban J connectivity index is 2.93. The average molecular weight is 213 g/mol. The molecule has 0 aromatic rings. The predicted molar refractivity (Wildman–Crippen MR) is 65.8 cm³/mol. The van der Waals surface area contributed by atoms with Crippen molar-refractivity contribution in [1.29, 1.82) is 0 Å². The van der Waals surface area contributed by atoms with E-state index < -0.39 is 0 Å². The lowest BCUT2D eigenvalue weighted by Crippen LogP contribution is -2.08. The van der Waals surface area contributed by atoms with E-state index in [1.165, 1.54) is 20.5 Å². The molecule has 0 saturated carbocycles. The minimum atomic E-state index is 0.764. The summed E-state index contributed by atoms with van der Waals surface area (Å²) in [5.74, 6) is 1.53. The van der Waals surface area contributed by atoms with E-state index in [1.807, 2.05) is 0 Å². The van der Waals surface area contributed by atoms with Gasteiger partial charge >= 0.3 is 7.69 Å². The smallest absolute Gasteiger partial charge is 0.413 e. The molecule has 0 aliphatic rings. The standard InChI is InChI=1S/C12H26BO2/c1-11(2)7-5-9-14-13-15-10-6-8-12(3)4/h11-12H,5-10H2,1-4H3. The van der Waals surface area contributed by atoms with Crippen LogP contribution < -0.4 is 0 Å². The third kappa shape index (κ3) is 14.0. The summed E-state index contributed by atoms with van der Waals surface area (Å²) in [6, 6.07) is 0. The summed E-state index contributed by atoms with van der Waals surface area (Å²) >= 11 is 0. The fraction of sp³-hybridized carbons (Fsp3) is 1.00. The van der Waals surface area contributed by atoms with Crippen LogP contribution >= 0.6 is 0 Å². The highest BCUT2D eigenvalue weighted by Gasteiger charge is 1.98. The molecule has 1 radical (unpaired) electrons. The van der Waals surface area contributed by atoms with Crippen LogP contribution in [0.5, 0.6) is 0 Å². The van der Waals surface area contributed by atoms with Gasteiger partial charge in [0.2, 0.25) is 0 Å². The number of hydrogen-bond acceptors (Lipinski definition) is 2. The van der Waals surface area contributed by atoms with Crippen LogP contribution in [0.4, 0.5) is 0 Å². The van der Waals surface area contributed by atoms with E-state index in [1.54, 1.807) is 0 Å². The van der Waals surface area contributed by atoms with E-state index in [0.29, 0.717) is 0 Å². The topological polar surface area (TPSA) is 18.5 Å². The third-order valence-corrected chi connectivity index (χ3v) is 2.22. The van der Waals surface area contributed by atoms with E-state index in [4.69, 9.17) is 9.31 Å². The Hall–Kier alpha value is -0.0151. The first-order chi connectivity index (χ1) is 7.13. The second-order valence-electron chi connectivity index (χ2n) is 4.91. The molecule has 0 rings (SSSR count). The van der Waals surface area contributed by atoms with E-state index >= 15 is 0 Å². The summed E-state index contributed by atoms with van der Waals surface area (Å²) in [5, 5.41) is 0. The normalized spacial score (nSPS) is 11.3. The van der Waals surface area contributed by atoms with Crippen molar-refractivity contribution < 1.29 is 9.31 Å². The molecule has 0 saturated heterocycles. The Kier molecular flexibility index (Phi) is 10.5. The van der Waals surface area contributed by atoms with Gasteiger partial charge in [0.05, 0.1) is 0 Å². The van der Waals surface area contributed by atoms with Gasteiger partial charge in [-0.25, -0.2) is 0 Å². The van der Waals surface area contributed by atoms with Crippen molar-refractivity contribution in [2.24, 2.45) is 11.8 Å². The molecule has 0 aliphatic carbocycles. The van der Waals surface area contributed by atoms with E-state index in [2.05, 4.69) is 27.7 Å². The largest absolute Gasteiger partial charge is 0.487 e. The Bertz CT molecular complexity index is 113. The second-order valence-corrected chi connectivity index (χ2v) is 4.91. The molecule has 0 bridgehead atoms. The zero-order valence-corrected chi connectivity index (χ0v) is 10.8. The van der Waals surface area contributed by atoms with Crippen molar-refractivity contribution in [3.05, 3.63) is 0 Å². The first kappa shape index (κ1) is 15.0. The molecule has 0 spiro atoms. The van der Waals surface area contributed by atoms with Crippen molar-refractivity contribution in [1.82, 2.24) is 0 Å². The summed E-state index contributed by atoms with van der Waals surface area (Å²) < 4.78 is 10.5. The molecule has 0 aromatic carbocycles. The molecule has 89 valence electrons. The van der Waals surface area contributed by atoms with Crippen molar-refractivity contribution in [2.45, 2.75) is 53.4 Å². The third-order valence-electron chi connectivity index (χ3n) is 2.22. The maximum absolute atomic E-state index is 5.24. The summed E-state index contributed by atoms with van der Waals surface area (Å²) in [7, 11) is 1.50. The monoisotopic (exact) mass is 213 g/mol. The van der Waals surface area contributed by atoms with E-state index in [0.717, 1.165) is 37.9 Å². The predicted octanol–water partition coefficient (Wildman–Crippen LogP) is 3.43. The maximum Gasteiger partial charge on any atom is 0.487 e. The summed E-state index contributed by atoms with van der Waals surface area (Å²) in [6.45, 7) is 10.5. The first-order valence-electron chi connectivity index (χ1n) is 6.17. The van der Waals surface area contributed by atoms with Crippen LogP contribution in [0.15, 0.2) is 0 Å². The highest BCUT2D eigenvalue weighted by Crippen LogP contribution is 2.04. The van der Waals surface area contributed by atoms with Gasteiger partial charge < -0.3 is 9.31 Å². The maximum atomic E-state index is 5.24. The average Bonchev–Trinajstić information content (AvgIpc) is 2.14. The highest BCUT2D eigenvalue weighted by molar-refractivity contribution is 6.17. The van der Waals surface area contributed by atoms with Gasteiger partial charge in [-0.15, -0.1) is 0 Å². The van der Waals surface area contributed by atoms with Crippen LogP contribution in [0.3, 0.4) is 0 Å². The molecular weight excluding hydrogens is 187 g/mol. The molecule has 0 aromatic heterocycles. The van der Waals surface area contributed by atoms with E-state index in [-0.39, 0.29) is 0 Å². The Labute approximate surface area is 96.0 Å². The minimum absolute atomic E-state index is 0.764. The van der Waals surface area contributed by atoms with Gasteiger partial charge in [-0.3, -0.25) is 0 Å². The zero-order chi connectivity index (χ0) is 11.5. The molecule has 0 unspecified atom stereocenters. The fourth-order valence-electron chi connectivity index (χ4n) is 1.29. The van der Waals surface area contributed by atoms with Crippen LogP contribution in [-0.2, 0) is 9.31 Å². The lowest BCUT2D eigenvalue weighted by molar-refractivity contribution is 0.209. The van der Waals surface area contributed by atoms with Gasteiger partial charge in [-0.2, -0.15) is 0 Å². The molecule has 0 N–H and O–H groups in total. The summed E-state index contributed by atoms with van der Waals surface area (Å²) in [4.78, 5) is 0. The Morgan fingerprint density at radius 1 is 0.800 bits per heavy atom. The van der Waals surface area contributed by atoms with Gasteiger partial charge in [-0.05, 0) is 37.5 Å². The van der Waals surface area contributed by atoms with Crippen molar-refractivity contribution >= 4 is 7.69 Å². The Morgan fingerprint density at radius 3 is 1.53 bits per heavy atom. The molecule has 3 heteroatoms. The van der Waals surface area contributed by atoms with Gasteiger partial charge in [0, 0.05) is 13.2 Å². The fourth-order valence-corrected chi connectivity index (χ4v) is 1.29. The second kappa shape index (κ2) is 10.5. The van der Waals surface area contributed by atoms with Crippen LogP contribution in [0, 0.1) is 11.8 Å². The lowest BCUT2D eigenvalue weighted by Gasteiger charge is -2.06. The van der Waals surface area contributed by atoms with Crippen molar-refractivity contribution in [2.75, 3.05) is 13.2 Å². The van der Waals surface area contributed by atoms with Gasteiger partial charge in [0.1, 0.15) is 0 Å². The van der Waals surface area contributed by atoms with Crippen molar-refractivity contribution in [3.8, 4) is 0 Å². The summed E-state index contributed by atoms with van der Waals surface area (Å²) in [5.41, 5.74) is 0. The molecule has 0 atom stereocenters. The van der Waals surface area contributed by atoms with Crippen LogP contribution in [0.2, 0.25) is 0 Å². The van der Waals surface area contributed by atoms with Crippen LogP contribution in [0.1, 0.15) is 53.4 Å². The summed E-state index contributed by atoms with van der Waals surface area (Å²) in [6.07, 6.45) is 4.68. The lowest BCUT2D eigenvalue weighted by atomic mass is 10.1. The molecular formula is C12H26BO2. The number of rotatable bonds is 10. The SMILES string of the molecule is CC(C)CCCO[B]OCCCC(C)C. The van der Waals surface area contributed by atoms with E-state index in [9.17, 15) is 0 Å². The Morgan fingerprint density at radius 2 is 1.20 bits per heavy atom. The zero-order valence-electron chi connectivity index (χ0n) is 10.8. The van der Waals surface area contributed by atoms with Crippen molar-refractivity contribution in [3.63, 3.8) is 0 Å². The quantitative estimate of drug-likeness (QED) is 0.409. The van der Waals surface area contributed by atoms with Gasteiger partial charge in [0.25, 0.3) is 0 Å². The number of hydrogen-bond donors (Lipinski definition) is 0. The van der Waals surface area contributed by atoms with Crippen LogP contribution in [0.25, 0.3) is 0 Å². The molecule has 15 heavy (non-hydrogen) atoms. The highest BCUT2D eigenvalue weighted by atomic mass is 16.6. The first-order valence-corrected chi connectivity index (χ1v) is 6.17. The van der Waals surface area contributed by atoms with Gasteiger partial charge in [0.15, 0.2) is 0 Å². The van der Waals surface area contributed by atoms with Crippen LogP contribution in [-0.4, -0.2) is 20.9 Å². The minimum Gasteiger partial charge on any atom is -0.413 e. The molecule has 0 aliphatic heterocycles. The molecule has 0 fully saturated rings. The molecule has 0 amide bonds. The van der Waals surface area contributed by atoms with Gasteiger partial charge in [-0.1, -0.05) is 27.7 Å². The molecule has 2 nitrogen and oxygen atoms in total. The molecule has 0 heterocycles.